The molecule has 1 N–H and O–H groups in total. The molecule has 0 bridgehead atoms. The lowest BCUT2D eigenvalue weighted by molar-refractivity contribution is -0.125. The summed E-state index contributed by atoms with van der Waals surface area (Å²) < 4.78 is 5.23. The van der Waals surface area contributed by atoms with E-state index in [1.54, 1.807) is 0 Å². The molecule has 3 nitrogen and oxygen atoms in total. The van der Waals surface area contributed by atoms with Crippen LogP contribution in [-0.2, 0) is 9.53 Å². The van der Waals surface area contributed by atoms with Crippen LogP contribution in [0.4, 0.5) is 0 Å². The van der Waals surface area contributed by atoms with E-state index in [9.17, 15) is 4.79 Å². The van der Waals surface area contributed by atoms with Crippen molar-refractivity contribution in [2.75, 3.05) is 18.5 Å². The van der Waals surface area contributed by atoms with Gasteiger partial charge < -0.3 is 10.1 Å². The standard InChI is InChI=1S/C13H16BrNO2/c14-8-12(10-4-2-1-3-5-10)15-13(16)11-6-7-17-9-11/h1-5,11-12H,6-9H2,(H,15,16). The Bertz CT molecular complexity index is 363. The summed E-state index contributed by atoms with van der Waals surface area (Å²) in [7, 11) is 0. The minimum atomic E-state index is 0.0141. The van der Waals surface area contributed by atoms with E-state index in [2.05, 4.69) is 21.2 Å². The Hall–Kier alpha value is -0.870. The molecule has 1 aromatic rings. The van der Waals surface area contributed by atoms with E-state index in [4.69, 9.17) is 4.74 Å². The van der Waals surface area contributed by atoms with Crippen LogP contribution in [0.1, 0.15) is 18.0 Å². The molecule has 2 rings (SSSR count). The van der Waals surface area contributed by atoms with Crippen molar-refractivity contribution in [3.05, 3.63) is 35.9 Å². The third-order valence-corrected chi connectivity index (χ3v) is 3.62. The van der Waals surface area contributed by atoms with Crippen molar-refractivity contribution in [3.63, 3.8) is 0 Å². The second kappa shape index (κ2) is 6.17. The van der Waals surface area contributed by atoms with Crippen LogP contribution in [0.25, 0.3) is 0 Å². The van der Waals surface area contributed by atoms with Gasteiger partial charge in [0.1, 0.15) is 0 Å². The summed E-state index contributed by atoms with van der Waals surface area (Å²) in [6.45, 7) is 1.25. The molecule has 1 aliphatic heterocycles. The number of benzene rings is 1. The number of rotatable bonds is 4. The summed E-state index contributed by atoms with van der Waals surface area (Å²) >= 11 is 3.44. The predicted molar refractivity (Wildman–Crippen MR) is 70.0 cm³/mol. The second-order valence-corrected chi connectivity index (χ2v) is 4.83. The fraction of sp³-hybridized carbons (Fsp3) is 0.462. The quantitative estimate of drug-likeness (QED) is 0.866. The van der Waals surface area contributed by atoms with Gasteiger partial charge in [-0.1, -0.05) is 46.3 Å². The Labute approximate surface area is 110 Å². The Kier molecular flexibility index (Phi) is 4.57. The first-order chi connectivity index (χ1) is 8.31. The Morgan fingerprint density at radius 3 is 2.82 bits per heavy atom. The van der Waals surface area contributed by atoms with Crippen LogP contribution in [0.2, 0.25) is 0 Å². The molecule has 2 atom stereocenters. The van der Waals surface area contributed by atoms with E-state index in [0.717, 1.165) is 17.3 Å². The number of alkyl halides is 1. The van der Waals surface area contributed by atoms with Crippen LogP contribution in [0.5, 0.6) is 0 Å². The molecule has 92 valence electrons. The van der Waals surface area contributed by atoms with Crippen molar-refractivity contribution in [3.8, 4) is 0 Å². The van der Waals surface area contributed by atoms with Gasteiger partial charge in [-0.2, -0.15) is 0 Å². The first kappa shape index (κ1) is 12.6. The normalized spacial score (nSPS) is 21.1. The summed E-state index contributed by atoms with van der Waals surface area (Å²) in [5.74, 6) is 0.107. The minimum Gasteiger partial charge on any atom is -0.381 e. The number of halogens is 1. The molecule has 1 saturated heterocycles. The molecule has 0 saturated carbocycles. The van der Waals surface area contributed by atoms with Crippen molar-refractivity contribution < 1.29 is 9.53 Å². The Morgan fingerprint density at radius 2 is 2.24 bits per heavy atom. The number of nitrogens with one attached hydrogen (secondary N) is 1. The maximum atomic E-state index is 12.0. The predicted octanol–water partition coefficient (Wildman–Crippen LogP) is 2.28. The van der Waals surface area contributed by atoms with Gasteiger partial charge >= 0.3 is 0 Å². The fourth-order valence-corrected chi connectivity index (χ4v) is 2.46. The maximum Gasteiger partial charge on any atom is 0.226 e. The van der Waals surface area contributed by atoms with Crippen LogP contribution in [0.3, 0.4) is 0 Å². The lowest BCUT2D eigenvalue weighted by atomic mass is 10.1. The summed E-state index contributed by atoms with van der Waals surface area (Å²) in [5.41, 5.74) is 1.12. The molecule has 1 aromatic carbocycles. The summed E-state index contributed by atoms with van der Waals surface area (Å²) in [5, 5.41) is 3.78. The van der Waals surface area contributed by atoms with Gasteiger partial charge in [0.2, 0.25) is 5.91 Å². The monoisotopic (exact) mass is 297 g/mol. The third-order valence-electron chi connectivity index (χ3n) is 2.97. The zero-order chi connectivity index (χ0) is 12.1. The molecule has 1 heterocycles. The van der Waals surface area contributed by atoms with E-state index in [-0.39, 0.29) is 17.9 Å². The number of carbonyl (C=O) groups excluding carboxylic acids is 1. The van der Waals surface area contributed by atoms with Gasteiger partial charge in [0, 0.05) is 11.9 Å². The van der Waals surface area contributed by atoms with Crippen molar-refractivity contribution >= 4 is 21.8 Å². The highest BCUT2D eigenvalue weighted by atomic mass is 79.9. The highest BCUT2D eigenvalue weighted by Crippen LogP contribution is 2.18. The molecule has 0 radical (unpaired) electrons. The Balaban J connectivity index is 1.97. The van der Waals surface area contributed by atoms with Gasteiger partial charge in [-0.3, -0.25) is 4.79 Å². The third kappa shape index (κ3) is 3.30. The zero-order valence-corrected chi connectivity index (χ0v) is 11.2. The van der Waals surface area contributed by atoms with Gasteiger partial charge in [-0.05, 0) is 12.0 Å². The number of amides is 1. The van der Waals surface area contributed by atoms with Crippen molar-refractivity contribution in [2.45, 2.75) is 12.5 Å². The summed E-state index contributed by atoms with van der Waals surface area (Å²) in [6, 6.07) is 10.0. The molecule has 2 unspecified atom stereocenters. The molecular weight excluding hydrogens is 282 g/mol. The highest BCUT2D eigenvalue weighted by Gasteiger charge is 2.25. The molecule has 1 aliphatic rings. The molecule has 1 amide bonds. The van der Waals surface area contributed by atoms with E-state index < -0.39 is 0 Å². The highest BCUT2D eigenvalue weighted by molar-refractivity contribution is 9.09. The average molecular weight is 298 g/mol. The molecule has 0 aromatic heterocycles. The van der Waals surface area contributed by atoms with Gasteiger partial charge in [0.25, 0.3) is 0 Å². The van der Waals surface area contributed by atoms with Gasteiger partial charge in [0.15, 0.2) is 0 Å². The van der Waals surface area contributed by atoms with Gasteiger partial charge in [-0.25, -0.2) is 0 Å². The zero-order valence-electron chi connectivity index (χ0n) is 9.56. The first-order valence-electron chi connectivity index (χ1n) is 5.80. The fourth-order valence-electron chi connectivity index (χ4n) is 1.93. The van der Waals surface area contributed by atoms with Crippen LogP contribution in [0, 0.1) is 5.92 Å². The smallest absolute Gasteiger partial charge is 0.226 e. The van der Waals surface area contributed by atoms with E-state index in [0.29, 0.717) is 13.2 Å². The van der Waals surface area contributed by atoms with Crippen LogP contribution >= 0.6 is 15.9 Å². The van der Waals surface area contributed by atoms with Gasteiger partial charge in [0.05, 0.1) is 18.6 Å². The molecular formula is C13H16BrNO2. The molecule has 1 fully saturated rings. The summed E-state index contributed by atoms with van der Waals surface area (Å²) in [4.78, 5) is 12.0. The number of hydrogen-bond acceptors (Lipinski definition) is 2. The second-order valence-electron chi connectivity index (χ2n) is 4.19. The van der Waals surface area contributed by atoms with Gasteiger partial charge in [-0.15, -0.1) is 0 Å². The molecule has 0 aliphatic carbocycles. The number of carbonyl (C=O) groups is 1. The average Bonchev–Trinajstić information content (AvgIpc) is 2.90. The van der Waals surface area contributed by atoms with E-state index in [1.165, 1.54) is 0 Å². The summed E-state index contributed by atoms with van der Waals surface area (Å²) in [6.07, 6.45) is 0.829. The van der Waals surface area contributed by atoms with Crippen molar-refractivity contribution in [1.82, 2.24) is 5.32 Å². The van der Waals surface area contributed by atoms with Crippen LogP contribution in [0.15, 0.2) is 30.3 Å². The lowest BCUT2D eigenvalue weighted by Crippen LogP contribution is -2.35. The largest absolute Gasteiger partial charge is 0.381 e. The SMILES string of the molecule is O=C(NC(CBr)c1ccccc1)C1CCOC1. The molecule has 17 heavy (non-hydrogen) atoms. The van der Waals surface area contributed by atoms with E-state index >= 15 is 0 Å². The van der Waals surface area contributed by atoms with Crippen LogP contribution in [-0.4, -0.2) is 24.5 Å². The van der Waals surface area contributed by atoms with Crippen molar-refractivity contribution in [2.24, 2.45) is 5.92 Å². The number of ether oxygens (including phenoxy) is 1. The lowest BCUT2D eigenvalue weighted by Gasteiger charge is -2.18. The molecule has 0 spiro atoms. The first-order valence-corrected chi connectivity index (χ1v) is 6.92. The minimum absolute atomic E-state index is 0.0141. The van der Waals surface area contributed by atoms with Crippen LogP contribution < -0.4 is 5.32 Å². The maximum absolute atomic E-state index is 12.0. The number of hydrogen-bond donors (Lipinski definition) is 1. The van der Waals surface area contributed by atoms with E-state index in [1.807, 2.05) is 30.3 Å². The topological polar surface area (TPSA) is 38.3 Å². The van der Waals surface area contributed by atoms with Crippen molar-refractivity contribution in [1.29, 1.82) is 0 Å². The Morgan fingerprint density at radius 1 is 1.47 bits per heavy atom. The molecule has 4 heteroatoms.